The van der Waals surface area contributed by atoms with E-state index in [9.17, 15) is 14.7 Å². The van der Waals surface area contributed by atoms with Gasteiger partial charge in [-0.3, -0.25) is 14.5 Å². The van der Waals surface area contributed by atoms with Crippen molar-refractivity contribution in [3.8, 4) is 17.2 Å². The number of carbonyl (C=O) groups is 2. The third-order valence-corrected chi connectivity index (χ3v) is 4.10. The Labute approximate surface area is 137 Å². The van der Waals surface area contributed by atoms with Crippen LogP contribution in [0.5, 0.6) is 17.2 Å². The number of hydrogen-bond acceptors (Lipinski definition) is 7. The van der Waals surface area contributed by atoms with Gasteiger partial charge in [-0.15, -0.1) is 0 Å². The van der Waals surface area contributed by atoms with Gasteiger partial charge < -0.3 is 19.3 Å². The van der Waals surface area contributed by atoms with Crippen molar-refractivity contribution in [2.75, 3.05) is 34.5 Å². The minimum absolute atomic E-state index is 0.125. The number of hydrogen-bond donors (Lipinski definition) is 1. The van der Waals surface area contributed by atoms with E-state index in [-0.39, 0.29) is 41.5 Å². The molecule has 1 aliphatic rings. The molecule has 0 aromatic heterocycles. The Bertz CT molecular complexity index is 632. The minimum atomic E-state index is -0.372. The fourth-order valence-corrected chi connectivity index (χ4v) is 2.89. The smallest absolute Gasteiger partial charge is 0.293 e. The highest BCUT2D eigenvalue weighted by Crippen LogP contribution is 2.39. The van der Waals surface area contributed by atoms with Crippen LogP contribution in [0.15, 0.2) is 17.0 Å². The molecule has 0 saturated carbocycles. The second kappa shape index (κ2) is 7.38. The van der Waals surface area contributed by atoms with E-state index in [2.05, 4.69) is 0 Å². The molecule has 0 radical (unpaired) electrons. The second-order valence-corrected chi connectivity index (χ2v) is 5.59. The largest absolute Gasteiger partial charge is 0.502 e. The number of rotatable bonds is 6. The average molecular weight is 339 g/mol. The molecule has 1 saturated heterocycles. The lowest BCUT2D eigenvalue weighted by Gasteiger charge is -2.11. The zero-order valence-electron chi connectivity index (χ0n) is 13.0. The van der Waals surface area contributed by atoms with E-state index in [1.807, 2.05) is 0 Å². The van der Waals surface area contributed by atoms with Crippen LogP contribution in [-0.2, 0) is 9.53 Å². The molecule has 0 atom stereocenters. The van der Waals surface area contributed by atoms with Crippen LogP contribution in [0.25, 0.3) is 6.08 Å². The maximum atomic E-state index is 12.3. The number of carbonyl (C=O) groups excluding carboxylic acids is 2. The molecule has 7 nitrogen and oxygen atoms in total. The topological polar surface area (TPSA) is 85.3 Å². The highest BCUT2D eigenvalue weighted by atomic mass is 32.2. The van der Waals surface area contributed by atoms with Gasteiger partial charge in [-0.25, -0.2) is 0 Å². The lowest BCUT2D eigenvalue weighted by Crippen LogP contribution is -2.31. The van der Waals surface area contributed by atoms with Crippen molar-refractivity contribution in [2.24, 2.45) is 0 Å². The summed E-state index contributed by atoms with van der Waals surface area (Å²) in [7, 11) is 4.33. The van der Waals surface area contributed by atoms with Crippen molar-refractivity contribution < 1.29 is 28.9 Å². The average Bonchev–Trinajstić information content (AvgIpc) is 2.80. The summed E-state index contributed by atoms with van der Waals surface area (Å²) in [6.07, 6.45) is 1.56. The van der Waals surface area contributed by atoms with Gasteiger partial charge in [0.05, 0.1) is 32.3 Å². The molecule has 2 amide bonds. The number of ether oxygens (including phenoxy) is 3. The molecule has 23 heavy (non-hydrogen) atoms. The molecule has 8 heteroatoms. The summed E-state index contributed by atoms with van der Waals surface area (Å²) < 4.78 is 15.0. The molecule has 0 aliphatic carbocycles. The van der Waals surface area contributed by atoms with Crippen molar-refractivity contribution in [3.05, 3.63) is 22.6 Å². The number of phenolic OH excluding ortho intramolecular Hbond substituents is 1. The maximum absolute atomic E-state index is 12.3. The van der Waals surface area contributed by atoms with E-state index in [1.54, 1.807) is 18.2 Å². The molecule has 0 spiro atoms. The van der Waals surface area contributed by atoms with Gasteiger partial charge in [0.2, 0.25) is 5.75 Å². The number of amides is 2. The summed E-state index contributed by atoms with van der Waals surface area (Å²) in [6.45, 7) is 0.493. The lowest BCUT2D eigenvalue weighted by atomic mass is 10.1. The molecular formula is C15H17NO6S. The van der Waals surface area contributed by atoms with Crippen LogP contribution in [0, 0.1) is 0 Å². The third-order valence-electron chi connectivity index (χ3n) is 3.19. The zero-order chi connectivity index (χ0) is 17.0. The Balaban J connectivity index is 2.32. The standard InChI is InChI=1S/C15H17NO6S/c1-20-5-4-16-14(18)12(23-15(16)19)8-9-6-10(21-2)13(17)11(7-9)22-3/h6-8,17H,4-5H2,1-3H3/b12-8+. The van der Waals surface area contributed by atoms with Crippen LogP contribution in [0.4, 0.5) is 4.79 Å². The highest BCUT2D eigenvalue weighted by Gasteiger charge is 2.34. The van der Waals surface area contributed by atoms with Crippen molar-refractivity contribution in [1.82, 2.24) is 4.90 Å². The summed E-state index contributed by atoms with van der Waals surface area (Å²) in [4.78, 5) is 25.6. The minimum Gasteiger partial charge on any atom is -0.502 e. The van der Waals surface area contributed by atoms with E-state index in [0.29, 0.717) is 10.5 Å². The number of methoxy groups -OCH3 is 3. The lowest BCUT2D eigenvalue weighted by molar-refractivity contribution is -0.123. The molecule has 0 unspecified atom stereocenters. The molecule has 0 bridgehead atoms. The first kappa shape index (κ1) is 17.2. The number of benzene rings is 1. The van der Waals surface area contributed by atoms with Gasteiger partial charge in [-0.2, -0.15) is 0 Å². The Kier molecular flexibility index (Phi) is 5.51. The van der Waals surface area contributed by atoms with Crippen molar-refractivity contribution in [3.63, 3.8) is 0 Å². The van der Waals surface area contributed by atoms with Crippen molar-refractivity contribution in [1.29, 1.82) is 0 Å². The van der Waals surface area contributed by atoms with Crippen LogP contribution >= 0.6 is 11.8 Å². The quantitative estimate of drug-likeness (QED) is 0.794. The van der Waals surface area contributed by atoms with Gasteiger partial charge >= 0.3 is 0 Å². The molecular weight excluding hydrogens is 322 g/mol. The number of aromatic hydroxyl groups is 1. The fraction of sp³-hybridized carbons (Fsp3) is 0.333. The van der Waals surface area contributed by atoms with Gasteiger partial charge in [0.1, 0.15) is 0 Å². The van der Waals surface area contributed by atoms with Crippen LogP contribution in [-0.4, -0.2) is 55.6 Å². The predicted octanol–water partition coefficient (Wildman–Crippen LogP) is 2.09. The molecule has 1 aromatic rings. The van der Waals surface area contributed by atoms with Crippen LogP contribution in [0.3, 0.4) is 0 Å². The van der Waals surface area contributed by atoms with E-state index in [0.717, 1.165) is 16.7 Å². The van der Waals surface area contributed by atoms with Gasteiger partial charge in [0.15, 0.2) is 11.5 Å². The summed E-state index contributed by atoms with van der Waals surface area (Å²) in [6, 6.07) is 3.11. The van der Waals surface area contributed by atoms with E-state index < -0.39 is 0 Å². The SMILES string of the molecule is COCCN1C(=O)S/C(=C/c2cc(OC)c(O)c(OC)c2)C1=O. The molecule has 124 valence electrons. The van der Waals surface area contributed by atoms with Crippen molar-refractivity contribution >= 4 is 29.0 Å². The number of phenols is 1. The first-order valence-corrected chi connectivity index (χ1v) is 7.52. The monoisotopic (exact) mass is 339 g/mol. The van der Waals surface area contributed by atoms with Crippen LogP contribution in [0.1, 0.15) is 5.56 Å². The molecule has 1 aliphatic heterocycles. The first-order chi connectivity index (χ1) is 11.0. The van der Waals surface area contributed by atoms with Gasteiger partial charge in [-0.1, -0.05) is 0 Å². The summed E-state index contributed by atoms with van der Waals surface area (Å²) in [5.41, 5.74) is 0.578. The molecule has 1 aromatic carbocycles. The van der Waals surface area contributed by atoms with Gasteiger partial charge in [0, 0.05) is 7.11 Å². The van der Waals surface area contributed by atoms with Crippen molar-refractivity contribution in [2.45, 2.75) is 0 Å². The number of nitrogens with zero attached hydrogens (tertiary/aromatic N) is 1. The first-order valence-electron chi connectivity index (χ1n) is 6.71. The Morgan fingerprint density at radius 2 is 1.78 bits per heavy atom. The Morgan fingerprint density at radius 3 is 2.30 bits per heavy atom. The van der Waals surface area contributed by atoms with E-state index >= 15 is 0 Å². The van der Waals surface area contributed by atoms with Crippen LogP contribution in [0.2, 0.25) is 0 Å². The summed E-state index contributed by atoms with van der Waals surface area (Å²) in [5, 5.41) is 9.55. The predicted molar refractivity (Wildman–Crippen MR) is 85.8 cm³/mol. The second-order valence-electron chi connectivity index (χ2n) is 4.60. The van der Waals surface area contributed by atoms with Crippen LogP contribution < -0.4 is 9.47 Å². The molecule has 1 fully saturated rings. The number of thioether (sulfide) groups is 1. The normalized spacial score (nSPS) is 16.3. The van der Waals surface area contributed by atoms with E-state index in [4.69, 9.17) is 14.2 Å². The van der Waals surface area contributed by atoms with E-state index in [1.165, 1.54) is 21.3 Å². The maximum Gasteiger partial charge on any atom is 0.293 e. The zero-order valence-corrected chi connectivity index (χ0v) is 13.8. The molecule has 2 rings (SSSR count). The summed E-state index contributed by atoms with van der Waals surface area (Å²) >= 11 is 0.857. The number of imide groups is 1. The third kappa shape index (κ3) is 3.59. The molecule has 1 N–H and O–H groups in total. The Hall–Kier alpha value is -2.19. The fourth-order valence-electron chi connectivity index (χ4n) is 2.02. The molecule has 1 heterocycles. The van der Waals surface area contributed by atoms with Gasteiger partial charge in [0.25, 0.3) is 11.1 Å². The van der Waals surface area contributed by atoms with Gasteiger partial charge in [-0.05, 0) is 35.5 Å². The highest BCUT2D eigenvalue weighted by molar-refractivity contribution is 8.18. The summed E-state index contributed by atoms with van der Waals surface area (Å²) in [5.74, 6) is -0.0631. The Morgan fingerprint density at radius 1 is 1.17 bits per heavy atom.